The van der Waals surface area contributed by atoms with Crippen molar-refractivity contribution in [3.05, 3.63) is 42.7 Å². The summed E-state index contributed by atoms with van der Waals surface area (Å²) < 4.78 is 2.04. The summed E-state index contributed by atoms with van der Waals surface area (Å²) in [7, 11) is 0. The standard InChI is InChI=1S/C14H19N3O/c1-14(18,11-15)7-9-17-10-8-16-13(17)12-5-3-2-4-6-12/h2-6,8,10,18H,7,9,11,15H2,1H3. The van der Waals surface area contributed by atoms with Crippen molar-refractivity contribution in [2.45, 2.75) is 25.5 Å². The van der Waals surface area contributed by atoms with Gasteiger partial charge in [0.05, 0.1) is 5.60 Å². The largest absolute Gasteiger partial charge is 0.389 e. The normalized spacial score (nSPS) is 14.4. The summed E-state index contributed by atoms with van der Waals surface area (Å²) in [5.74, 6) is 0.920. The minimum Gasteiger partial charge on any atom is -0.389 e. The Morgan fingerprint density at radius 2 is 2.06 bits per heavy atom. The highest BCUT2D eigenvalue weighted by Crippen LogP contribution is 2.18. The molecule has 3 N–H and O–H groups in total. The molecule has 0 spiro atoms. The van der Waals surface area contributed by atoms with E-state index in [0.717, 1.165) is 11.4 Å². The molecule has 1 aromatic heterocycles. The Kier molecular flexibility index (Phi) is 3.79. The third-order valence-corrected chi connectivity index (χ3v) is 3.08. The monoisotopic (exact) mass is 245 g/mol. The third kappa shape index (κ3) is 2.97. The van der Waals surface area contributed by atoms with Crippen LogP contribution in [0.15, 0.2) is 42.7 Å². The zero-order valence-electron chi connectivity index (χ0n) is 10.6. The summed E-state index contributed by atoms with van der Waals surface area (Å²) in [6.45, 7) is 2.73. The molecule has 0 radical (unpaired) electrons. The number of hydrogen-bond acceptors (Lipinski definition) is 3. The van der Waals surface area contributed by atoms with Gasteiger partial charge in [-0.1, -0.05) is 30.3 Å². The maximum atomic E-state index is 9.92. The summed E-state index contributed by atoms with van der Waals surface area (Å²) in [6, 6.07) is 10.0. The quantitative estimate of drug-likeness (QED) is 0.842. The molecule has 2 rings (SSSR count). The van der Waals surface area contributed by atoms with Gasteiger partial charge in [0.15, 0.2) is 0 Å². The molecule has 0 amide bonds. The number of rotatable bonds is 5. The predicted molar refractivity (Wildman–Crippen MR) is 72.0 cm³/mol. The van der Waals surface area contributed by atoms with Gasteiger partial charge in [0.2, 0.25) is 0 Å². The lowest BCUT2D eigenvalue weighted by molar-refractivity contribution is 0.0555. The highest BCUT2D eigenvalue weighted by molar-refractivity contribution is 5.55. The molecule has 1 aromatic carbocycles. The Hall–Kier alpha value is -1.65. The number of aromatic nitrogens is 2. The highest BCUT2D eigenvalue weighted by atomic mass is 16.3. The number of nitrogens with two attached hydrogens (primary N) is 1. The van der Waals surface area contributed by atoms with E-state index in [4.69, 9.17) is 5.73 Å². The van der Waals surface area contributed by atoms with E-state index in [0.29, 0.717) is 13.0 Å². The zero-order valence-corrected chi connectivity index (χ0v) is 10.6. The lowest BCUT2D eigenvalue weighted by Crippen LogP contribution is -2.35. The van der Waals surface area contributed by atoms with Gasteiger partial charge in [-0.25, -0.2) is 4.98 Å². The summed E-state index contributed by atoms with van der Waals surface area (Å²) in [4.78, 5) is 4.36. The van der Waals surface area contributed by atoms with Gasteiger partial charge in [0.25, 0.3) is 0 Å². The third-order valence-electron chi connectivity index (χ3n) is 3.08. The number of hydrogen-bond donors (Lipinski definition) is 2. The van der Waals surface area contributed by atoms with Gasteiger partial charge in [0.1, 0.15) is 5.82 Å². The first-order valence-electron chi connectivity index (χ1n) is 6.11. The van der Waals surface area contributed by atoms with Gasteiger partial charge in [0, 0.05) is 31.0 Å². The van der Waals surface area contributed by atoms with E-state index in [1.807, 2.05) is 41.1 Å². The van der Waals surface area contributed by atoms with Crippen molar-refractivity contribution in [3.8, 4) is 11.4 Å². The van der Waals surface area contributed by atoms with Gasteiger partial charge < -0.3 is 15.4 Å². The maximum absolute atomic E-state index is 9.92. The molecule has 0 saturated carbocycles. The molecule has 0 aliphatic carbocycles. The molecule has 0 fully saturated rings. The van der Waals surface area contributed by atoms with Crippen molar-refractivity contribution >= 4 is 0 Å². The van der Waals surface area contributed by atoms with E-state index in [1.54, 1.807) is 13.1 Å². The second-order valence-corrected chi connectivity index (χ2v) is 4.76. The van der Waals surface area contributed by atoms with Crippen LogP contribution in [0.4, 0.5) is 0 Å². The van der Waals surface area contributed by atoms with E-state index in [-0.39, 0.29) is 6.54 Å². The van der Waals surface area contributed by atoms with Crippen LogP contribution in [0.5, 0.6) is 0 Å². The van der Waals surface area contributed by atoms with Crippen molar-refractivity contribution in [2.24, 2.45) is 5.73 Å². The summed E-state index contributed by atoms with van der Waals surface area (Å²) in [5.41, 5.74) is 5.78. The van der Waals surface area contributed by atoms with E-state index in [9.17, 15) is 5.11 Å². The number of aryl methyl sites for hydroxylation is 1. The Bertz CT molecular complexity index is 491. The highest BCUT2D eigenvalue weighted by Gasteiger charge is 2.18. The molecule has 0 aliphatic heterocycles. The molecule has 0 bridgehead atoms. The fourth-order valence-corrected chi connectivity index (χ4v) is 1.80. The van der Waals surface area contributed by atoms with Crippen molar-refractivity contribution in [1.29, 1.82) is 0 Å². The van der Waals surface area contributed by atoms with Gasteiger partial charge in [-0.05, 0) is 13.3 Å². The number of aliphatic hydroxyl groups is 1. The number of imidazole rings is 1. The van der Waals surface area contributed by atoms with Crippen LogP contribution >= 0.6 is 0 Å². The summed E-state index contributed by atoms with van der Waals surface area (Å²) >= 11 is 0. The topological polar surface area (TPSA) is 64.1 Å². The van der Waals surface area contributed by atoms with Crippen LogP contribution in [-0.2, 0) is 6.54 Å². The van der Waals surface area contributed by atoms with Gasteiger partial charge >= 0.3 is 0 Å². The van der Waals surface area contributed by atoms with E-state index in [1.165, 1.54) is 0 Å². The predicted octanol–water partition coefficient (Wildman–Crippen LogP) is 1.65. The molecule has 1 unspecified atom stereocenters. The summed E-state index contributed by atoms with van der Waals surface area (Å²) in [5, 5.41) is 9.92. The van der Waals surface area contributed by atoms with E-state index in [2.05, 4.69) is 4.98 Å². The average Bonchev–Trinajstić information content (AvgIpc) is 2.86. The van der Waals surface area contributed by atoms with Crippen LogP contribution in [0.2, 0.25) is 0 Å². The Morgan fingerprint density at radius 1 is 1.33 bits per heavy atom. The fourth-order valence-electron chi connectivity index (χ4n) is 1.80. The van der Waals surface area contributed by atoms with Gasteiger partial charge in [-0.2, -0.15) is 0 Å². The first-order chi connectivity index (χ1) is 8.62. The first-order valence-corrected chi connectivity index (χ1v) is 6.11. The van der Waals surface area contributed by atoms with Crippen molar-refractivity contribution in [2.75, 3.05) is 6.54 Å². The van der Waals surface area contributed by atoms with E-state index >= 15 is 0 Å². The lowest BCUT2D eigenvalue weighted by Gasteiger charge is -2.21. The molecule has 0 saturated heterocycles. The average molecular weight is 245 g/mol. The van der Waals surface area contributed by atoms with Crippen LogP contribution in [0, 0.1) is 0 Å². The molecular formula is C14H19N3O. The Morgan fingerprint density at radius 3 is 2.72 bits per heavy atom. The van der Waals surface area contributed by atoms with Crippen LogP contribution in [0.3, 0.4) is 0 Å². The second kappa shape index (κ2) is 5.33. The maximum Gasteiger partial charge on any atom is 0.139 e. The van der Waals surface area contributed by atoms with Gasteiger partial charge in [-0.3, -0.25) is 0 Å². The SMILES string of the molecule is CC(O)(CN)CCn1ccnc1-c1ccccc1. The molecular weight excluding hydrogens is 226 g/mol. The molecule has 1 atom stereocenters. The van der Waals surface area contributed by atoms with Crippen LogP contribution in [-0.4, -0.2) is 26.8 Å². The summed E-state index contributed by atoms with van der Waals surface area (Å²) in [6.07, 6.45) is 4.31. The van der Waals surface area contributed by atoms with Gasteiger partial charge in [-0.15, -0.1) is 0 Å². The Labute approximate surface area is 107 Å². The Balaban J connectivity index is 2.14. The molecule has 0 aliphatic rings. The van der Waals surface area contributed by atoms with Crippen LogP contribution < -0.4 is 5.73 Å². The number of benzene rings is 1. The van der Waals surface area contributed by atoms with Crippen LogP contribution in [0.1, 0.15) is 13.3 Å². The second-order valence-electron chi connectivity index (χ2n) is 4.76. The minimum atomic E-state index is -0.821. The van der Waals surface area contributed by atoms with Crippen molar-refractivity contribution in [3.63, 3.8) is 0 Å². The molecule has 2 aromatic rings. The molecule has 18 heavy (non-hydrogen) atoms. The molecule has 1 heterocycles. The molecule has 4 heteroatoms. The van der Waals surface area contributed by atoms with Crippen LogP contribution in [0.25, 0.3) is 11.4 Å². The smallest absolute Gasteiger partial charge is 0.139 e. The molecule has 96 valence electrons. The first kappa shape index (κ1) is 12.8. The molecule has 4 nitrogen and oxygen atoms in total. The fraction of sp³-hybridized carbons (Fsp3) is 0.357. The van der Waals surface area contributed by atoms with Crippen molar-refractivity contribution in [1.82, 2.24) is 9.55 Å². The van der Waals surface area contributed by atoms with E-state index < -0.39 is 5.60 Å². The number of nitrogens with zero attached hydrogens (tertiary/aromatic N) is 2. The zero-order chi connectivity index (χ0) is 13.0. The lowest BCUT2D eigenvalue weighted by atomic mass is 10.0. The minimum absolute atomic E-state index is 0.266. The van der Waals surface area contributed by atoms with Crippen molar-refractivity contribution < 1.29 is 5.11 Å².